The van der Waals surface area contributed by atoms with Gasteiger partial charge in [0, 0.05) is 32.1 Å². The molecule has 0 N–H and O–H groups in total. The van der Waals surface area contributed by atoms with Gasteiger partial charge in [-0.2, -0.15) is 23.1 Å². The number of hydrogen-bond acceptors (Lipinski definition) is 10. The summed E-state index contributed by atoms with van der Waals surface area (Å²) >= 11 is 7.09. The maximum atomic E-state index is 15.2. The molecule has 0 bridgehead atoms. The van der Waals surface area contributed by atoms with Crippen LogP contribution in [0, 0.1) is 6.92 Å². The smallest absolute Gasteiger partial charge is 0.418 e. The summed E-state index contributed by atoms with van der Waals surface area (Å²) in [5.74, 6) is -0.742. The second kappa shape index (κ2) is 15.2. The lowest BCUT2D eigenvalue weighted by Gasteiger charge is -2.30. The molecule has 8 rings (SSSR count). The van der Waals surface area contributed by atoms with Crippen LogP contribution in [-0.2, 0) is 19.3 Å². The standard InChI is InChI=1S/C42H42ClF5N6O4/c1-25-18-32(53(20-26-6-10-28(55-3)11-7-26)21-27-8-12-29(56-4)13-9-27)50-36(34(25)42(46,47)48)30-19-31-33-37(35(30)43)57-17-16-52(2)38(33)51-39(49-31)58-24-40-14-5-15-54(40)23-41(44,45)22-40/h6-13,18-19H,5,14-17,20-24H2,1-4H3. The van der Waals surface area contributed by atoms with Gasteiger partial charge in [-0.1, -0.05) is 35.9 Å². The van der Waals surface area contributed by atoms with Crippen LogP contribution >= 0.6 is 11.6 Å². The first-order valence-corrected chi connectivity index (χ1v) is 19.3. The maximum absolute atomic E-state index is 15.2. The van der Waals surface area contributed by atoms with Crippen molar-refractivity contribution in [2.45, 2.75) is 56.9 Å². The fraction of sp³-hybridized carbons (Fsp3) is 0.405. The van der Waals surface area contributed by atoms with Gasteiger partial charge in [-0.3, -0.25) is 4.90 Å². The molecule has 1 atom stereocenters. The lowest BCUT2D eigenvalue weighted by molar-refractivity contribution is -0.137. The van der Waals surface area contributed by atoms with Gasteiger partial charge in [-0.15, -0.1) is 0 Å². The number of aryl methyl sites for hydroxylation is 1. The SMILES string of the molecule is COc1ccc(CN(Cc2ccc(OC)cc2)c2cc(C)c(C(F)(F)F)c(-c3cc4nc(OCC56CCCN5CC(F)(F)C6)nc5c4c(c3Cl)OCCN5C)n2)cc1. The van der Waals surface area contributed by atoms with E-state index < -0.39 is 28.9 Å². The van der Waals surface area contributed by atoms with Crippen LogP contribution in [0.25, 0.3) is 22.2 Å². The second-order valence-electron chi connectivity index (χ2n) is 15.2. The molecular weight excluding hydrogens is 783 g/mol. The Balaban J connectivity index is 1.26. The van der Waals surface area contributed by atoms with E-state index in [0.29, 0.717) is 55.3 Å². The van der Waals surface area contributed by atoms with Crippen molar-refractivity contribution in [3.05, 3.63) is 87.9 Å². The average Bonchev–Trinajstić information content (AvgIpc) is 3.61. The van der Waals surface area contributed by atoms with Crippen molar-refractivity contribution in [1.82, 2.24) is 19.9 Å². The van der Waals surface area contributed by atoms with E-state index in [4.69, 9.17) is 35.5 Å². The first-order valence-electron chi connectivity index (χ1n) is 18.9. The number of aromatic nitrogens is 3. The topological polar surface area (TPSA) is 85.3 Å². The maximum Gasteiger partial charge on any atom is 0.418 e. The first kappa shape index (κ1) is 39.7. The van der Waals surface area contributed by atoms with Crippen molar-refractivity contribution < 1.29 is 40.9 Å². The summed E-state index contributed by atoms with van der Waals surface area (Å²) in [6, 6.07) is 17.6. The van der Waals surface area contributed by atoms with E-state index in [1.54, 1.807) is 26.2 Å². The monoisotopic (exact) mass is 824 g/mol. The van der Waals surface area contributed by atoms with E-state index in [9.17, 15) is 8.78 Å². The van der Waals surface area contributed by atoms with E-state index in [0.717, 1.165) is 17.5 Å². The highest BCUT2D eigenvalue weighted by Crippen LogP contribution is 2.50. The Morgan fingerprint density at radius 1 is 0.914 bits per heavy atom. The molecular formula is C42H42ClF5N6O4. The predicted octanol–water partition coefficient (Wildman–Crippen LogP) is 8.98. The largest absolute Gasteiger partial charge is 0.497 e. The van der Waals surface area contributed by atoms with Gasteiger partial charge in [0.2, 0.25) is 0 Å². The number of methoxy groups -OCH3 is 2. The van der Waals surface area contributed by atoms with Crippen LogP contribution in [0.3, 0.4) is 0 Å². The number of ether oxygens (including phenoxy) is 4. The number of hydrogen-bond donors (Lipinski definition) is 0. The third-order valence-electron chi connectivity index (χ3n) is 11.2. The highest BCUT2D eigenvalue weighted by Gasteiger charge is 2.57. The number of likely N-dealkylation sites (N-methyl/N-ethyl adjacent to an activating group) is 1. The van der Waals surface area contributed by atoms with Gasteiger partial charge in [0.15, 0.2) is 5.75 Å². The van der Waals surface area contributed by atoms with Crippen LogP contribution in [0.1, 0.15) is 41.5 Å². The molecule has 5 heterocycles. The molecule has 0 amide bonds. The molecule has 3 aromatic carbocycles. The van der Waals surface area contributed by atoms with Crippen LogP contribution in [0.2, 0.25) is 5.02 Å². The molecule has 3 aliphatic heterocycles. The van der Waals surface area contributed by atoms with Gasteiger partial charge in [0.1, 0.15) is 36.3 Å². The zero-order valence-electron chi connectivity index (χ0n) is 32.4. The minimum Gasteiger partial charge on any atom is -0.497 e. The minimum absolute atomic E-state index is 0.0496. The number of rotatable bonds is 11. The predicted molar refractivity (Wildman–Crippen MR) is 211 cm³/mol. The Labute approximate surface area is 337 Å². The average molecular weight is 825 g/mol. The fourth-order valence-electron chi connectivity index (χ4n) is 8.40. The Kier molecular flexibility index (Phi) is 10.4. The molecule has 2 saturated heterocycles. The summed E-state index contributed by atoms with van der Waals surface area (Å²) in [7, 11) is 4.93. The molecule has 5 aromatic rings. The summed E-state index contributed by atoms with van der Waals surface area (Å²) in [4.78, 5) is 19.6. The van der Waals surface area contributed by atoms with Gasteiger partial charge < -0.3 is 28.7 Å². The lowest BCUT2D eigenvalue weighted by atomic mass is 9.94. The van der Waals surface area contributed by atoms with E-state index in [-0.39, 0.29) is 65.4 Å². The molecule has 16 heteroatoms. The molecule has 10 nitrogen and oxygen atoms in total. The number of halogens is 6. The zero-order valence-corrected chi connectivity index (χ0v) is 33.2. The number of benzene rings is 3. The molecule has 306 valence electrons. The molecule has 3 aliphatic rings. The van der Waals surface area contributed by atoms with Crippen molar-refractivity contribution in [2.75, 3.05) is 63.9 Å². The Morgan fingerprint density at radius 2 is 1.57 bits per heavy atom. The Morgan fingerprint density at radius 3 is 2.19 bits per heavy atom. The third kappa shape index (κ3) is 7.61. The molecule has 0 spiro atoms. The van der Waals surface area contributed by atoms with Gasteiger partial charge in [-0.05, 0) is 79.4 Å². The highest BCUT2D eigenvalue weighted by molar-refractivity contribution is 6.36. The first-order chi connectivity index (χ1) is 27.7. The van der Waals surface area contributed by atoms with Crippen LogP contribution in [0.5, 0.6) is 23.3 Å². The van der Waals surface area contributed by atoms with E-state index >= 15 is 13.2 Å². The molecule has 1 unspecified atom stereocenters. The number of nitrogens with zero attached hydrogens (tertiary/aromatic N) is 6. The molecule has 2 fully saturated rings. The summed E-state index contributed by atoms with van der Waals surface area (Å²) in [6.07, 6.45) is -3.86. The fourth-order valence-corrected chi connectivity index (χ4v) is 8.69. The van der Waals surface area contributed by atoms with E-state index in [1.807, 2.05) is 58.3 Å². The Bertz CT molecular complexity index is 2280. The van der Waals surface area contributed by atoms with Crippen LogP contribution in [-0.4, -0.2) is 85.4 Å². The summed E-state index contributed by atoms with van der Waals surface area (Å²) in [5.41, 5.74) is -0.403. The van der Waals surface area contributed by atoms with Crippen molar-refractivity contribution in [2.24, 2.45) is 0 Å². The van der Waals surface area contributed by atoms with Crippen molar-refractivity contribution in [3.63, 3.8) is 0 Å². The number of anilines is 2. The lowest BCUT2D eigenvalue weighted by Crippen LogP contribution is -2.43. The molecule has 0 radical (unpaired) electrons. The number of alkyl halides is 5. The molecule has 58 heavy (non-hydrogen) atoms. The summed E-state index contributed by atoms with van der Waals surface area (Å²) in [6.45, 7) is 2.63. The number of pyridine rings is 1. The number of fused-ring (bicyclic) bond motifs is 1. The van der Waals surface area contributed by atoms with Crippen LogP contribution < -0.4 is 28.7 Å². The van der Waals surface area contributed by atoms with E-state index in [1.165, 1.54) is 19.1 Å². The molecule has 0 saturated carbocycles. The zero-order chi connectivity index (χ0) is 41.0. The minimum atomic E-state index is -4.82. The highest BCUT2D eigenvalue weighted by atomic mass is 35.5. The normalized spacial score (nSPS) is 18.8. The van der Waals surface area contributed by atoms with Crippen molar-refractivity contribution in [1.29, 1.82) is 0 Å². The quantitative estimate of drug-likeness (QED) is 0.120. The van der Waals surface area contributed by atoms with Gasteiger partial charge in [0.05, 0.1) is 60.0 Å². The van der Waals surface area contributed by atoms with Gasteiger partial charge in [-0.25, -0.2) is 13.8 Å². The Hall–Kier alpha value is -5.15. The third-order valence-corrected chi connectivity index (χ3v) is 11.6. The van der Waals surface area contributed by atoms with Crippen LogP contribution in [0.15, 0.2) is 60.7 Å². The molecule has 0 aliphatic carbocycles. The summed E-state index contributed by atoms with van der Waals surface area (Å²) in [5, 5.41) is 0.303. The summed E-state index contributed by atoms with van der Waals surface area (Å²) < 4.78 is 97.7. The molecule has 2 aromatic heterocycles. The van der Waals surface area contributed by atoms with Crippen LogP contribution in [0.4, 0.5) is 33.6 Å². The second-order valence-corrected chi connectivity index (χ2v) is 15.6. The van der Waals surface area contributed by atoms with Crippen molar-refractivity contribution >= 4 is 34.1 Å². The van der Waals surface area contributed by atoms with Crippen molar-refractivity contribution in [3.8, 4) is 34.5 Å². The van der Waals surface area contributed by atoms with Gasteiger partial charge >= 0.3 is 12.2 Å². The van der Waals surface area contributed by atoms with Gasteiger partial charge in [0.25, 0.3) is 5.92 Å². The van der Waals surface area contributed by atoms with E-state index in [2.05, 4.69) is 9.97 Å².